The van der Waals surface area contributed by atoms with E-state index >= 15 is 18.0 Å². The van der Waals surface area contributed by atoms with E-state index < -0.39 is 40.4 Å². The zero-order chi connectivity index (χ0) is 48.2. The number of hydrogen-bond acceptors (Lipinski definition) is 8. The third-order valence-corrected chi connectivity index (χ3v) is 15.8. The third kappa shape index (κ3) is 6.28. The number of rotatable bonds is 7. The molecule has 4 atom stereocenters. The van der Waals surface area contributed by atoms with Crippen LogP contribution in [0.4, 0.5) is 13.2 Å². The van der Waals surface area contributed by atoms with Gasteiger partial charge in [-0.05, 0) is 138 Å². The number of benzene rings is 3. The smallest absolute Gasteiger partial charge is 0.376 e. The van der Waals surface area contributed by atoms with Crippen LogP contribution in [0.15, 0.2) is 81.2 Å². The van der Waals surface area contributed by atoms with Crippen LogP contribution in [0.5, 0.6) is 0 Å². The van der Waals surface area contributed by atoms with Crippen LogP contribution in [0.25, 0.3) is 39.0 Å². The summed E-state index contributed by atoms with van der Waals surface area (Å²) >= 11 is 0. The van der Waals surface area contributed by atoms with E-state index in [1.54, 1.807) is 53.4 Å². The highest BCUT2D eigenvalue weighted by Crippen LogP contribution is 2.57. The second-order valence-corrected chi connectivity index (χ2v) is 20.7. The van der Waals surface area contributed by atoms with Crippen molar-refractivity contribution in [2.45, 2.75) is 108 Å². The molecule has 3 aromatic carbocycles. The Kier molecular flexibility index (Phi) is 9.28. The Morgan fingerprint density at radius 2 is 1.64 bits per heavy atom. The molecule has 1 amide bonds. The number of aromatic amines is 1. The van der Waals surface area contributed by atoms with Gasteiger partial charge in [-0.15, -0.1) is 0 Å². The molecule has 8 aromatic rings. The fourth-order valence-electron chi connectivity index (χ4n) is 12.1. The van der Waals surface area contributed by atoms with Gasteiger partial charge in [-0.1, -0.05) is 18.1 Å². The Morgan fingerprint density at radius 1 is 0.913 bits per heavy atom. The number of aromatic nitrogens is 9. The molecule has 0 bridgehead atoms. The normalized spacial score (nSPS) is 25.2. The summed E-state index contributed by atoms with van der Waals surface area (Å²) in [6.45, 7) is 12.1. The van der Waals surface area contributed by atoms with Gasteiger partial charge in [0.05, 0.1) is 45.8 Å². The van der Waals surface area contributed by atoms with Crippen molar-refractivity contribution in [3.8, 4) is 17.2 Å². The fraction of sp³-hybridized carbons (Fsp3) is 0.412. The monoisotopic (exact) mass is 940 g/mol. The van der Waals surface area contributed by atoms with Crippen molar-refractivity contribution >= 4 is 27.7 Å². The number of alkyl halides is 1. The number of amides is 1. The molecule has 1 N–H and O–H groups in total. The van der Waals surface area contributed by atoms with Crippen LogP contribution in [0, 0.1) is 31.4 Å². The lowest BCUT2D eigenvalue weighted by Gasteiger charge is -2.51. The summed E-state index contributed by atoms with van der Waals surface area (Å²) in [6.07, 6.45) is 5.59. The van der Waals surface area contributed by atoms with Gasteiger partial charge >= 0.3 is 11.4 Å². The molecule has 2 aliphatic heterocycles. The minimum atomic E-state index is -1.18. The standard InChI is InChI=1S/C51H51F3N10O5/c1-26-16-34(17-27(2)41(26)53)64-44(61-14-13-60(48(61)67)38-11-10-37-35(42(38)54)24-55-59(37)7)40-29(4)62(25-50(43(40)57-64)22-33(52)23-50)45(65)39-19-32-18-30(31-12-15-68-49(5,6)21-31)8-9-36(32)63(39)51(20-28(51)3)46-56-47(66)69-58-46/h8-11,13-14,16-19,24,28-29,31,33H,12,15,20-23,25H2,1-7H3,(H,56,58,66)/t28-,29-,31-,33?,50?,51-/m0/s1. The van der Waals surface area contributed by atoms with Gasteiger partial charge in [-0.3, -0.25) is 28.1 Å². The first-order valence-corrected chi connectivity index (χ1v) is 23.5. The van der Waals surface area contributed by atoms with E-state index in [0.717, 1.165) is 29.3 Å². The van der Waals surface area contributed by atoms with Gasteiger partial charge in [0.1, 0.15) is 29.0 Å². The molecular formula is C51H51F3N10O5. The number of ether oxygens (including phenoxy) is 1. The quantitative estimate of drug-likeness (QED) is 0.168. The molecule has 2 saturated carbocycles. The van der Waals surface area contributed by atoms with Gasteiger partial charge in [0.2, 0.25) is 0 Å². The maximum atomic E-state index is 16.3. The summed E-state index contributed by atoms with van der Waals surface area (Å²) in [6, 6.07) is 13.9. The number of carbonyl (C=O) groups is 1. The number of carbonyl (C=O) groups excluding carboxylic acids is 1. The van der Waals surface area contributed by atoms with Gasteiger partial charge in [0, 0.05) is 54.5 Å². The minimum Gasteiger partial charge on any atom is -0.376 e. The number of H-pyrrole nitrogens is 1. The number of aryl methyl sites for hydroxylation is 3. The Labute approximate surface area is 393 Å². The second-order valence-electron chi connectivity index (χ2n) is 20.7. The average Bonchev–Trinajstić information content (AvgIpc) is 3.94. The van der Waals surface area contributed by atoms with Crippen molar-refractivity contribution in [3.05, 3.63) is 139 Å². The first-order valence-electron chi connectivity index (χ1n) is 23.5. The number of imidazole rings is 1. The van der Waals surface area contributed by atoms with E-state index in [4.69, 9.17) is 14.4 Å². The molecule has 3 fully saturated rings. The van der Waals surface area contributed by atoms with Crippen molar-refractivity contribution in [3.63, 3.8) is 0 Å². The molecule has 7 heterocycles. The van der Waals surface area contributed by atoms with Gasteiger partial charge in [0.25, 0.3) is 5.91 Å². The lowest BCUT2D eigenvalue weighted by molar-refractivity contribution is -0.0592. The lowest BCUT2D eigenvalue weighted by Crippen LogP contribution is -2.56. The molecule has 356 valence electrons. The van der Waals surface area contributed by atoms with Crippen molar-refractivity contribution in [1.82, 2.24) is 48.3 Å². The van der Waals surface area contributed by atoms with Crippen LogP contribution in [0.1, 0.15) is 116 Å². The summed E-state index contributed by atoms with van der Waals surface area (Å²) in [7, 11) is 1.70. The predicted octanol–water partition coefficient (Wildman–Crippen LogP) is 8.27. The van der Waals surface area contributed by atoms with Crippen LogP contribution in [0.2, 0.25) is 0 Å². The fourth-order valence-corrected chi connectivity index (χ4v) is 12.1. The molecule has 0 unspecified atom stereocenters. The molecule has 4 aliphatic rings. The van der Waals surface area contributed by atoms with E-state index in [9.17, 15) is 9.59 Å². The summed E-state index contributed by atoms with van der Waals surface area (Å²) < 4.78 is 66.0. The van der Waals surface area contributed by atoms with Crippen LogP contribution in [-0.4, -0.2) is 79.1 Å². The molecule has 1 spiro atoms. The Bertz CT molecular complexity index is 3560. The Morgan fingerprint density at radius 3 is 2.32 bits per heavy atom. The van der Waals surface area contributed by atoms with E-state index in [2.05, 4.69) is 41.2 Å². The van der Waals surface area contributed by atoms with Gasteiger partial charge in [-0.25, -0.2) is 27.4 Å². The molecule has 18 heteroatoms. The molecule has 1 saturated heterocycles. The summed E-state index contributed by atoms with van der Waals surface area (Å²) in [5, 5.41) is 14.7. The maximum absolute atomic E-state index is 16.3. The van der Waals surface area contributed by atoms with Gasteiger partial charge in [-0.2, -0.15) is 10.2 Å². The van der Waals surface area contributed by atoms with Crippen LogP contribution < -0.4 is 11.4 Å². The van der Waals surface area contributed by atoms with E-state index in [1.165, 1.54) is 33.8 Å². The highest BCUT2D eigenvalue weighted by molar-refractivity contribution is 6.00. The molecule has 12 rings (SSSR count). The summed E-state index contributed by atoms with van der Waals surface area (Å²) in [4.78, 5) is 47.9. The zero-order valence-electron chi connectivity index (χ0n) is 39.3. The number of fused-ring (bicyclic) bond motifs is 4. The molecule has 69 heavy (non-hydrogen) atoms. The lowest BCUT2D eigenvalue weighted by atomic mass is 9.62. The largest absolute Gasteiger partial charge is 0.438 e. The topological polar surface area (TPSA) is 156 Å². The van der Waals surface area contributed by atoms with E-state index in [1.807, 2.05) is 30.5 Å². The van der Waals surface area contributed by atoms with E-state index in [0.29, 0.717) is 58.1 Å². The third-order valence-electron chi connectivity index (χ3n) is 15.8. The first kappa shape index (κ1) is 43.3. The predicted molar refractivity (Wildman–Crippen MR) is 249 cm³/mol. The Hall–Kier alpha value is -6.95. The molecule has 5 aromatic heterocycles. The van der Waals surface area contributed by atoms with E-state index in [-0.39, 0.29) is 65.4 Å². The Balaban J connectivity index is 1.05. The SMILES string of the molecule is Cc1cc(-n2nc3c(c2-n2ccn(-c4ccc5c(cnn5C)c4F)c2=O)[C@H](C)N(C(=O)c2cc4cc([C@H]5CCOC(C)(C)C5)ccc4n2[C@@]2(c4noc(=O)[nH]4)C[C@@H]2C)CC32CC(F)C2)cc(C)c1F. The summed E-state index contributed by atoms with van der Waals surface area (Å²) in [5.74, 6) is -1.35. The highest BCUT2D eigenvalue weighted by Gasteiger charge is 2.60. The van der Waals surface area contributed by atoms with Crippen LogP contribution >= 0.6 is 0 Å². The molecular weight excluding hydrogens is 890 g/mol. The zero-order valence-corrected chi connectivity index (χ0v) is 39.3. The number of halogens is 3. The minimum absolute atomic E-state index is 0.00134. The average molecular weight is 941 g/mol. The van der Waals surface area contributed by atoms with Crippen molar-refractivity contribution in [1.29, 1.82) is 0 Å². The maximum Gasteiger partial charge on any atom is 0.438 e. The van der Waals surface area contributed by atoms with Gasteiger partial charge < -0.3 is 14.2 Å². The molecule has 2 aliphatic carbocycles. The van der Waals surface area contributed by atoms with Gasteiger partial charge in [0.15, 0.2) is 11.6 Å². The van der Waals surface area contributed by atoms with Crippen molar-refractivity contribution in [2.24, 2.45) is 13.0 Å². The number of hydrogen-bond donors (Lipinski definition) is 1. The highest BCUT2D eigenvalue weighted by atomic mass is 19.1. The summed E-state index contributed by atoms with van der Waals surface area (Å²) in [5.41, 5.74) is 2.15. The molecule has 15 nitrogen and oxygen atoms in total. The van der Waals surface area contributed by atoms with Crippen molar-refractivity contribution < 1.29 is 27.2 Å². The second kappa shape index (κ2) is 14.8. The van der Waals surface area contributed by atoms with Crippen LogP contribution in [-0.2, 0) is 22.7 Å². The number of nitrogens with zero attached hydrogens (tertiary/aromatic N) is 9. The van der Waals surface area contributed by atoms with Crippen LogP contribution in [0.3, 0.4) is 0 Å². The molecule has 0 radical (unpaired) electrons. The first-order chi connectivity index (χ1) is 32.9. The van der Waals surface area contributed by atoms with Crippen molar-refractivity contribution in [2.75, 3.05) is 13.2 Å². The number of nitrogens with one attached hydrogen (secondary N) is 1.